The molecule has 0 bridgehead atoms. The Bertz CT molecular complexity index is 902. The van der Waals surface area contributed by atoms with Crippen LogP contribution in [0.3, 0.4) is 0 Å². The summed E-state index contributed by atoms with van der Waals surface area (Å²) in [6, 6.07) is 8.56. The minimum Gasteiger partial charge on any atom is -0.360 e. The van der Waals surface area contributed by atoms with Gasteiger partial charge in [0.25, 0.3) is 5.91 Å². The second kappa shape index (κ2) is 9.31. The molecule has 7 heteroatoms. The van der Waals surface area contributed by atoms with Crippen molar-refractivity contribution in [1.82, 2.24) is 5.32 Å². The Morgan fingerprint density at radius 2 is 1.93 bits per heavy atom. The van der Waals surface area contributed by atoms with Crippen LogP contribution in [0.25, 0.3) is 0 Å². The summed E-state index contributed by atoms with van der Waals surface area (Å²) in [6.07, 6.45) is 1.31. The summed E-state index contributed by atoms with van der Waals surface area (Å²) in [5.74, 6) is -3.60. The van der Waals surface area contributed by atoms with E-state index in [0.29, 0.717) is 6.42 Å². The zero-order valence-electron chi connectivity index (χ0n) is 15.8. The van der Waals surface area contributed by atoms with Gasteiger partial charge in [0.1, 0.15) is 18.2 Å². The average molecular weight is 382 g/mol. The zero-order chi connectivity index (χ0) is 20.8. The van der Waals surface area contributed by atoms with E-state index in [9.17, 15) is 18.4 Å². The number of aryl methyl sites for hydroxylation is 2. The predicted octanol–water partition coefficient (Wildman–Crippen LogP) is 2.95. The average Bonchev–Trinajstić information content (AvgIpc) is 2.63. The second-order valence-corrected chi connectivity index (χ2v) is 6.53. The van der Waals surface area contributed by atoms with Crippen LogP contribution in [0.5, 0.6) is 0 Å². The number of benzene rings is 2. The fourth-order valence-electron chi connectivity index (χ4n) is 2.84. The Hall–Kier alpha value is -2.96. The molecule has 0 aliphatic carbocycles. The Morgan fingerprint density at radius 1 is 1.21 bits per heavy atom. The fraction of sp³-hybridized carbons (Fsp3) is 0.238. The molecular weight excluding hydrogens is 361 g/mol. The maximum absolute atomic E-state index is 14.0. The lowest BCUT2D eigenvalue weighted by atomic mass is 9.87. The van der Waals surface area contributed by atoms with Crippen LogP contribution in [-0.2, 0) is 16.0 Å². The molecule has 0 fully saturated rings. The first-order valence-electron chi connectivity index (χ1n) is 8.71. The number of amides is 2. The molecule has 2 radical (unpaired) electrons. The van der Waals surface area contributed by atoms with Crippen LogP contribution in [0, 0.1) is 25.5 Å². The van der Waals surface area contributed by atoms with Crippen LogP contribution in [0.2, 0.25) is 0 Å². The minimum absolute atomic E-state index is 0.344. The monoisotopic (exact) mass is 382 g/mol. The van der Waals surface area contributed by atoms with Gasteiger partial charge in [-0.3, -0.25) is 14.5 Å². The number of anilines is 1. The summed E-state index contributed by atoms with van der Waals surface area (Å²) in [6.45, 7) is 6.75. The number of nitrogens with one attached hydrogen (secondary N) is 1. The molecule has 0 saturated carbocycles. The van der Waals surface area contributed by atoms with E-state index >= 15 is 0 Å². The van der Waals surface area contributed by atoms with Gasteiger partial charge in [-0.05, 0) is 55.5 Å². The van der Waals surface area contributed by atoms with Gasteiger partial charge in [-0.25, -0.2) is 8.78 Å². The molecular formula is C21H21BF2N2O2. The standard InChI is InChI=1S/C21H21BF2N2O2/c1-4-21(28)26(18-11-16(23)7-8-17(18)24)12-20(27)25-19(22)10-15-6-5-13(2)9-14(15)3/h4-9,11,19H,1,10,12H2,2-3H3,(H,25,27)/t19-/m0/s1. The van der Waals surface area contributed by atoms with Crippen molar-refractivity contribution >= 4 is 25.3 Å². The van der Waals surface area contributed by atoms with E-state index in [-0.39, 0.29) is 5.69 Å². The van der Waals surface area contributed by atoms with Crippen molar-refractivity contribution in [2.45, 2.75) is 26.2 Å². The van der Waals surface area contributed by atoms with Gasteiger partial charge in [-0.1, -0.05) is 30.3 Å². The highest BCUT2D eigenvalue weighted by Gasteiger charge is 2.21. The van der Waals surface area contributed by atoms with Gasteiger partial charge in [-0.2, -0.15) is 0 Å². The Balaban J connectivity index is 2.10. The zero-order valence-corrected chi connectivity index (χ0v) is 15.8. The van der Waals surface area contributed by atoms with E-state index in [2.05, 4.69) is 11.9 Å². The van der Waals surface area contributed by atoms with E-state index in [1.165, 1.54) is 0 Å². The third-order valence-corrected chi connectivity index (χ3v) is 4.23. The van der Waals surface area contributed by atoms with Crippen molar-refractivity contribution in [2.24, 2.45) is 0 Å². The van der Waals surface area contributed by atoms with Gasteiger partial charge in [0.05, 0.1) is 13.5 Å². The van der Waals surface area contributed by atoms with Gasteiger partial charge >= 0.3 is 0 Å². The summed E-state index contributed by atoms with van der Waals surface area (Å²) < 4.78 is 27.5. The predicted molar refractivity (Wildman–Crippen MR) is 106 cm³/mol. The molecule has 1 atom stereocenters. The van der Waals surface area contributed by atoms with Crippen LogP contribution < -0.4 is 10.2 Å². The molecule has 144 valence electrons. The molecule has 0 heterocycles. The second-order valence-electron chi connectivity index (χ2n) is 6.53. The lowest BCUT2D eigenvalue weighted by Crippen LogP contribution is -2.45. The number of hydrogen-bond donors (Lipinski definition) is 1. The van der Waals surface area contributed by atoms with Gasteiger partial charge in [0.2, 0.25) is 5.91 Å². The van der Waals surface area contributed by atoms with Crippen molar-refractivity contribution in [1.29, 1.82) is 0 Å². The number of carbonyl (C=O) groups excluding carboxylic acids is 2. The fourth-order valence-corrected chi connectivity index (χ4v) is 2.84. The summed E-state index contributed by atoms with van der Waals surface area (Å²) in [4.78, 5) is 25.2. The van der Waals surface area contributed by atoms with E-state index in [1.54, 1.807) is 0 Å². The molecule has 0 spiro atoms. The van der Waals surface area contributed by atoms with E-state index in [0.717, 1.165) is 45.9 Å². The number of rotatable bonds is 7. The van der Waals surface area contributed by atoms with E-state index in [4.69, 9.17) is 7.85 Å². The summed E-state index contributed by atoms with van der Waals surface area (Å²) in [5, 5.41) is 2.58. The Labute approximate surface area is 164 Å². The smallest absolute Gasteiger partial charge is 0.250 e. The molecule has 2 amide bonds. The first-order chi connectivity index (χ1) is 13.2. The molecule has 0 aliphatic rings. The highest BCUT2D eigenvalue weighted by Crippen LogP contribution is 2.21. The summed E-state index contributed by atoms with van der Waals surface area (Å²) in [5.41, 5.74) is 2.81. The van der Waals surface area contributed by atoms with Gasteiger partial charge < -0.3 is 5.32 Å². The third-order valence-electron chi connectivity index (χ3n) is 4.23. The highest BCUT2D eigenvalue weighted by atomic mass is 19.1. The van der Waals surface area contributed by atoms with Gasteiger partial charge in [0, 0.05) is 6.07 Å². The largest absolute Gasteiger partial charge is 0.360 e. The topological polar surface area (TPSA) is 49.4 Å². The van der Waals surface area contributed by atoms with Crippen molar-refractivity contribution < 1.29 is 18.4 Å². The highest BCUT2D eigenvalue weighted by molar-refractivity contribution is 6.13. The molecule has 0 saturated heterocycles. The van der Waals surface area contributed by atoms with E-state index < -0.39 is 35.9 Å². The molecule has 2 aromatic carbocycles. The Morgan fingerprint density at radius 3 is 2.57 bits per heavy atom. The lowest BCUT2D eigenvalue weighted by Gasteiger charge is -2.23. The van der Waals surface area contributed by atoms with Crippen LogP contribution in [0.15, 0.2) is 49.1 Å². The molecule has 2 aromatic rings. The van der Waals surface area contributed by atoms with Crippen LogP contribution in [0.1, 0.15) is 16.7 Å². The molecule has 1 N–H and O–H groups in total. The summed E-state index contributed by atoms with van der Waals surface area (Å²) >= 11 is 0. The van der Waals surface area contributed by atoms with Crippen LogP contribution in [-0.4, -0.2) is 32.1 Å². The quantitative estimate of drug-likeness (QED) is 0.592. The molecule has 28 heavy (non-hydrogen) atoms. The summed E-state index contributed by atoms with van der Waals surface area (Å²) in [7, 11) is 6.00. The van der Waals surface area contributed by atoms with Crippen LogP contribution in [0.4, 0.5) is 14.5 Å². The Kier molecular flexibility index (Phi) is 7.09. The van der Waals surface area contributed by atoms with E-state index in [1.807, 2.05) is 32.0 Å². The lowest BCUT2D eigenvalue weighted by molar-refractivity contribution is -0.122. The maximum Gasteiger partial charge on any atom is 0.250 e. The van der Waals surface area contributed by atoms with Gasteiger partial charge in [0.15, 0.2) is 0 Å². The molecule has 0 unspecified atom stereocenters. The third kappa shape index (κ3) is 5.52. The normalized spacial score (nSPS) is 11.6. The van der Waals surface area contributed by atoms with Crippen molar-refractivity contribution in [3.8, 4) is 0 Å². The van der Waals surface area contributed by atoms with Crippen LogP contribution >= 0.6 is 0 Å². The van der Waals surface area contributed by atoms with Crippen molar-refractivity contribution in [3.63, 3.8) is 0 Å². The number of hydrogen-bond acceptors (Lipinski definition) is 2. The molecule has 0 aromatic heterocycles. The van der Waals surface area contributed by atoms with Gasteiger partial charge in [-0.15, -0.1) is 0 Å². The minimum atomic E-state index is -0.830. The number of nitrogens with zero attached hydrogens (tertiary/aromatic N) is 1. The number of halogens is 2. The molecule has 4 nitrogen and oxygen atoms in total. The first-order valence-corrected chi connectivity index (χ1v) is 8.71. The maximum atomic E-state index is 14.0. The van der Waals surface area contributed by atoms with Crippen molar-refractivity contribution in [2.75, 3.05) is 11.4 Å². The molecule has 2 rings (SSSR count). The number of carbonyl (C=O) groups is 2. The molecule has 0 aliphatic heterocycles. The van der Waals surface area contributed by atoms with Crippen molar-refractivity contribution in [3.05, 3.63) is 77.4 Å². The first kappa shape index (κ1) is 21.3. The SMILES string of the molecule is [B][C@H](Cc1ccc(C)cc1C)NC(=O)CN(C(=O)C=C)c1cc(F)ccc1F.